The third-order valence-corrected chi connectivity index (χ3v) is 2.51. The fourth-order valence-electron chi connectivity index (χ4n) is 1.65. The highest BCUT2D eigenvalue weighted by Gasteiger charge is 2.54. The molecule has 0 aromatic carbocycles. The van der Waals surface area contributed by atoms with Crippen molar-refractivity contribution in [3.8, 4) is 0 Å². The summed E-state index contributed by atoms with van der Waals surface area (Å²) in [7, 11) is 0. The van der Waals surface area contributed by atoms with E-state index >= 15 is 0 Å². The molecule has 1 saturated heterocycles. The zero-order valence-electron chi connectivity index (χ0n) is 8.65. The first-order chi connectivity index (χ1) is 7.40. The molecular formula is C8H16NO7+. The van der Waals surface area contributed by atoms with Crippen LogP contribution in [0.25, 0.3) is 0 Å². The summed E-state index contributed by atoms with van der Waals surface area (Å²) in [6, 6.07) is -1.26. The van der Waals surface area contributed by atoms with E-state index in [0.29, 0.717) is 0 Å². The number of rotatable bonds is 2. The topological polar surface area (TPSA) is 133 Å². The Kier molecular flexibility index (Phi) is 4.19. The summed E-state index contributed by atoms with van der Waals surface area (Å²) in [5, 5.41) is 49.0. The predicted octanol–water partition coefficient (Wildman–Crippen LogP) is -3.07. The number of carbonyl (C=O) groups is 1. The molecule has 8 nitrogen and oxygen atoms in total. The SMILES string of the molecule is CC(=O)N[C@@H]1[C@@H](O)[C@H](O)[C@@H](CO)[O+](O)[C@H]1O. The molecule has 0 aliphatic carbocycles. The quantitative estimate of drug-likeness (QED) is 0.223. The standard InChI is InChI=1S/C8H15NO7/c1-3(11)9-5-7(13)6(12)4(2-10)16(15)8(5)14/h4-8,10,12-15H,2H2,1H3/p+1/t4-,5-,6-,7-,8-/m1/s1. The van der Waals surface area contributed by atoms with Gasteiger partial charge in [-0.3, -0.25) is 4.79 Å². The highest BCUT2D eigenvalue weighted by atomic mass is 17.2. The second-order valence-electron chi connectivity index (χ2n) is 3.67. The van der Waals surface area contributed by atoms with Crippen LogP contribution in [0.1, 0.15) is 6.92 Å². The highest BCUT2D eigenvalue weighted by Crippen LogP contribution is 2.24. The predicted molar refractivity (Wildman–Crippen MR) is 50.2 cm³/mol. The Balaban J connectivity index is 2.84. The molecular weight excluding hydrogens is 222 g/mol. The molecule has 8 heteroatoms. The van der Waals surface area contributed by atoms with E-state index < -0.39 is 43.2 Å². The summed E-state index contributed by atoms with van der Waals surface area (Å²) in [6.07, 6.45) is -5.97. The summed E-state index contributed by atoms with van der Waals surface area (Å²) >= 11 is 0. The van der Waals surface area contributed by atoms with Crippen molar-refractivity contribution in [2.24, 2.45) is 0 Å². The molecule has 0 unspecified atom stereocenters. The monoisotopic (exact) mass is 238 g/mol. The van der Waals surface area contributed by atoms with Gasteiger partial charge in [-0.05, 0) is 0 Å². The number of amides is 1. The largest absolute Gasteiger partial charge is 0.388 e. The Bertz CT molecular complexity index is 245. The molecule has 0 spiro atoms. The minimum absolute atomic E-state index is 0.535. The van der Waals surface area contributed by atoms with E-state index in [1.165, 1.54) is 4.52 Å². The highest BCUT2D eigenvalue weighted by molar-refractivity contribution is 5.73. The normalized spacial score (nSPS) is 40.8. The Morgan fingerprint density at radius 1 is 1.31 bits per heavy atom. The average molecular weight is 238 g/mol. The van der Waals surface area contributed by atoms with Crippen molar-refractivity contribution in [2.45, 2.75) is 37.6 Å². The van der Waals surface area contributed by atoms with Gasteiger partial charge in [-0.25, -0.2) is 4.52 Å². The molecule has 0 radical (unpaired) electrons. The lowest BCUT2D eigenvalue weighted by molar-refractivity contribution is -0.551. The minimum Gasteiger partial charge on any atom is -0.388 e. The number of nitrogens with one attached hydrogen (secondary N) is 1. The van der Waals surface area contributed by atoms with Crippen LogP contribution in [-0.2, 0) is 9.31 Å². The van der Waals surface area contributed by atoms with Crippen molar-refractivity contribution in [3.63, 3.8) is 0 Å². The molecule has 1 heterocycles. The van der Waals surface area contributed by atoms with Gasteiger partial charge in [0.1, 0.15) is 12.7 Å². The maximum Gasteiger partial charge on any atom is 0.324 e. The zero-order valence-corrected chi connectivity index (χ0v) is 8.65. The summed E-state index contributed by atoms with van der Waals surface area (Å²) in [4.78, 5) is 10.8. The summed E-state index contributed by atoms with van der Waals surface area (Å²) in [5.41, 5.74) is 0. The maximum absolute atomic E-state index is 10.8. The van der Waals surface area contributed by atoms with Crippen LogP contribution >= 0.6 is 0 Å². The Morgan fingerprint density at radius 2 is 1.88 bits per heavy atom. The van der Waals surface area contributed by atoms with Gasteiger partial charge in [0, 0.05) is 6.92 Å². The van der Waals surface area contributed by atoms with Gasteiger partial charge >= 0.3 is 6.29 Å². The van der Waals surface area contributed by atoms with Crippen LogP contribution in [0.15, 0.2) is 0 Å². The third kappa shape index (κ3) is 2.32. The third-order valence-electron chi connectivity index (χ3n) is 2.51. The van der Waals surface area contributed by atoms with Crippen LogP contribution in [0.4, 0.5) is 0 Å². The number of carbonyl (C=O) groups excluding carboxylic acids is 1. The van der Waals surface area contributed by atoms with Crippen molar-refractivity contribution >= 4 is 5.91 Å². The van der Waals surface area contributed by atoms with Crippen molar-refractivity contribution in [2.75, 3.05) is 6.61 Å². The molecule has 94 valence electrons. The Hall–Kier alpha value is -0.770. The summed E-state index contributed by atoms with van der Waals surface area (Å²) in [6.45, 7) is 0.486. The van der Waals surface area contributed by atoms with Gasteiger partial charge in [0.15, 0.2) is 12.1 Å². The lowest BCUT2D eigenvalue weighted by Crippen LogP contribution is -2.67. The molecule has 5 atom stereocenters. The maximum atomic E-state index is 10.8. The van der Waals surface area contributed by atoms with Gasteiger partial charge in [0.25, 0.3) is 0 Å². The first-order valence-corrected chi connectivity index (χ1v) is 4.73. The number of hydrogen-bond acceptors (Lipinski definition) is 6. The van der Waals surface area contributed by atoms with Gasteiger partial charge in [-0.2, -0.15) is 0 Å². The van der Waals surface area contributed by atoms with E-state index in [1.54, 1.807) is 0 Å². The minimum atomic E-state index is -1.68. The molecule has 1 aliphatic rings. The second-order valence-corrected chi connectivity index (χ2v) is 3.67. The van der Waals surface area contributed by atoms with Crippen LogP contribution in [0.2, 0.25) is 0 Å². The molecule has 1 aliphatic heterocycles. The fraction of sp³-hybridized carbons (Fsp3) is 0.875. The van der Waals surface area contributed by atoms with Crippen LogP contribution in [-0.4, -0.2) is 68.8 Å². The van der Waals surface area contributed by atoms with Crippen molar-refractivity contribution in [3.05, 3.63) is 0 Å². The van der Waals surface area contributed by atoms with Crippen molar-refractivity contribution in [1.29, 1.82) is 0 Å². The number of hydrogen-bond donors (Lipinski definition) is 6. The van der Waals surface area contributed by atoms with Crippen molar-refractivity contribution < 1.29 is 35.0 Å². The second kappa shape index (κ2) is 5.04. The van der Waals surface area contributed by atoms with Crippen molar-refractivity contribution in [1.82, 2.24) is 5.32 Å². The van der Waals surface area contributed by atoms with E-state index in [9.17, 15) is 25.4 Å². The first kappa shape index (κ1) is 13.3. The van der Waals surface area contributed by atoms with E-state index in [2.05, 4.69) is 5.32 Å². The van der Waals surface area contributed by atoms with E-state index in [0.717, 1.165) is 6.92 Å². The smallest absolute Gasteiger partial charge is 0.324 e. The lowest BCUT2D eigenvalue weighted by atomic mass is 9.97. The Labute approximate surface area is 91.3 Å². The molecule has 1 amide bonds. The first-order valence-electron chi connectivity index (χ1n) is 4.73. The molecule has 0 aromatic rings. The van der Waals surface area contributed by atoms with Crippen LogP contribution in [0.5, 0.6) is 0 Å². The molecule has 1 fully saturated rings. The lowest BCUT2D eigenvalue weighted by Gasteiger charge is -2.38. The van der Waals surface area contributed by atoms with Gasteiger partial charge in [0.2, 0.25) is 12.0 Å². The number of aliphatic hydroxyl groups excluding tert-OH is 4. The molecule has 6 N–H and O–H groups in total. The van der Waals surface area contributed by atoms with E-state index in [4.69, 9.17) is 5.11 Å². The fourth-order valence-corrected chi connectivity index (χ4v) is 1.65. The van der Waals surface area contributed by atoms with Gasteiger partial charge in [-0.1, -0.05) is 0 Å². The van der Waals surface area contributed by atoms with Gasteiger partial charge in [0.05, 0.1) is 0 Å². The molecule has 0 bridgehead atoms. The molecule has 0 aromatic heterocycles. The summed E-state index contributed by atoms with van der Waals surface area (Å²) < 4.78 is 1.18. The average Bonchev–Trinajstić information content (AvgIpc) is 2.22. The summed E-state index contributed by atoms with van der Waals surface area (Å²) in [5.74, 6) is -0.535. The van der Waals surface area contributed by atoms with Crippen LogP contribution in [0, 0.1) is 0 Å². The van der Waals surface area contributed by atoms with E-state index in [-0.39, 0.29) is 0 Å². The number of aliphatic hydroxyl groups is 4. The van der Waals surface area contributed by atoms with E-state index in [1.807, 2.05) is 0 Å². The van der Waals surface area contributed by atoms with Crippen LogP contribution in [0.3, 0.4) is 0 Å². The van der Waals surface area contributed by atoms with Crippen LogP contribution < -0.4 is 5.32 Å². The molecule has 0 saturated carbocycles. The van der Waals surface area contributed by atoms with Gasteiger partial charge in [-0.15, -0.1) is 5.26 Å². The molecule has 1 rings (SSSR count). The van der Waals surface area contributed by atoms with Gasteiger partial charge < -0.3 is 25.7 Å². The molecule has 16 heavy (non-hydrogen) atoms. The zero-order chi connectivity index (χ0) is 12.5. The Morgan fingerprint density at radius 3 is 2.31 bits per heavy atom.